The summed E-state index contributed by atoms with van der Waals surface area (Å²) < 4.78 is 38.5. The van der Waals surface area contributed by atoms with Crippen LogP contribution in [0.25, 0.3) is 0 Å². The van der Waals surface area contributed by atoms with Crippen LogP contribution < -0.4 is 29.6 Å². The third-order valence-electron chi connectivity index (χ3n) is 2.80. The molecule has 0 aliphatic carbocycles. The van der Waals surface area contributed by atoms with Crippen molar-refractivity contribution in [3.05, 3.63) is 0 Å². The Kier molecular flexibility index (Phi) is 18.7. The van der Waals surface area contributed by atoms with Crippen LogP contribution in [-0.2, 0) is 19.3 Å². The number of rotatable bonds is 4. The summed E-state index contributed by atoms with van der Waals surface area (Å²) in [6, 6.07) is 0. The fourth-order valence-electron chi connectivity index (χ4n) is 1.70. The van der Waals surface area contributed by atoms with Gasteiger partial charge in [0.25, 0.3) is 0 Å². The van der Waals surface area contributed by atoms with Gasteiger partial charge >= 0.3 is 29.6 Å². The maximum Gasteiger partial charge on any atom is 1.00 e. The molecule has 0 bridgehead atoms. The number of ether oxygens (including phenoxy) is 1. The van der Waals surface area contributed by atoms with Crippen LogP contribution in [0.4, 0.5) is 0 Å². The Morgan fingerprint density at radius 1 is 1.00 bits per heavy atom. The van der Waals surface area contributed by atoms with Crippen molar-refractivity contribution in [1.82, 2.24) is 0 Å². The fraction of sp³-hybridized carbons (Fsp3) is 1.00. The van der Waals surface area contributed by atoms with Gasteiger partial charge in [-0.1, -0.05) is 45.4 Å². The van der Waals surface area contributed by atoms with Crippen molar-refractivity contribution in [1.29, 1.82) is 0 Å². The van der Waals surface area contributed by atoms with Crippen LogP contribution in [0.3, 0.4) is 0 Å². The second-order valence-electron chi connectivity index (χ2n) is 4.67. The van der Waals surface area contributed by atoms with Crippen molar-refractivity contribution in [3.8, 4) is 0 Å². The second kappa shape index (κ2) is 16.2. The summed E-state index contributed by atoms with van der Waals surface area (Å²) in [5.41, 5.74) is 0. The van der Waals surface area contributed by atoms with Crippen molar-refractivity contribution in [2.75, 3.05) is 19.8 Å². The van der Waals surface area contributed by atoms with Gasteiger partial charge in [0, 0.05) is 13.2 Å². The summed E-state index contributed by atoms with van der Waals surface area (Å²) in [7, 11) is -4.45. The molecule has 1 heterocycles. The van der Waals surface area contributed by atoms with E-state index in [4.69, 9.17) is 4.74 Å². The first kappa shape index (κ1) is 23.1. The monoisotopic (exact) mass is 318 g/mol. The predicted molar refractivity (Wildman–Crippen MR) is 73.7 cm³/mol. The zero-order valence-corrected chi connectivity index (χ0v) is 15.8. The molecular weight excluding hydrogens is 291 g/mol. The summed E-state index contributed by atoms with van der Waals surface area (Å²) >= 11 is 0. The Morgan fingerprint density at radius 2 is 1.45 bits per heavy atom. The Labute approximate surface area is 146 Å². The molecule has 0 atom stereocenters. The minimum absolute atomic E-state index is 0. The average molecular weight is 318 g/mol. The molecule has 0 radical (unpaired) electrons. The molecule has 1 aliphatic rings. The standard InChI is InChI=1S/C9H18O.C4H10O4S.Na/c1-2-4-6-8-10-9-7-5-3-1;1-2-3-4-8-9(5,6)7;/h1-9H2;2-4H2,1H3,(H,5,6,7);/q;;+1/p-1. The third-order valence-corrected chi connectivity index (χ3v) is 3.26. The maximum atomic E-state index is 9.73. The van der Waals surface area contributed by atoms with E-state index in [1.807, 2.05) is 6.92 Å². The van der Waals surface area contributed by atoms with Gasteiger partial charge in [-0.15, -0.1) is 0 Å². The summed E-state index contributed by atoms with van der Waals surface area (Å²) in [5, 5.41) is 0. The fourth-order valence-corrected chi connectivity index (χ4v) is 2.02. The van der Waals surface area contributed by atoms with Gasteiger partial charge < -0.3 is 9.29 Å². The van der Waals surface area contributed by atoms with Crippen LogP contribution in [0.15, 0.2) is 0 Å². The van der Waals surface area contributed by atoms with Crippen molar-refractivity contribution in [2.45, 2.75) is 64.7 Å². The summed E-state index contributed by atoms with van der Waals surface area (Å²) in [5.74, 6) is 0. The Hall–Kier alpha value is 0.830. The van der Waals surface area contributed by atoms with Crippen LogP contribution in [-0.4, -0.2) is 32.8 Å². The molecule has 1 rings (SSSR count). The first-order valence-electron chi connectivity index (χ1n) is 7.24. The molecule has 0 aromatic rings. The Bertz CT molecular complexity index is 249. The predicted octanol–water partition coefficient (Wildman–Crippen LogP) is 0.0146. The van der Waals surface area contributed by atoms with E-state index in [-0.39, 0.29) is 36.2 Å². The third kappa shape index (κ3) is 21.1. The van der Waals surface area contributed by atoms with Gasteiger partial charge in [0.05, 0.1) is 6.61 Å². The van der Waals surface area contributed by atoms with Gasteiger partial charge in [-0.2, -0.15) is 0 Å². The molecule has 0 N–H and O–H groups in total. The molecule has 0 aromatic carbocycles. The molecule has 1 aliphatic heterocycles. The van der Waals surface area contributed by atoms with E-state index in [9.17, 15) is 13.0 Å². The van der Waals surface area contributed by atoms with E-state index in [2.05, 4.69) is 4.18 Å². The van der Waals surface area contributed by atoms with E-state index in [0.717, 1.165) is 19.6 Å². The van der Waals surface area contributed by atoms with Crippen LogP contribution in [0, 0.1) is 0 Å². The Balaban J connectivity index is 0. The molecule has 116 valence electrons. The number of hydrogen-bond acceptors (Lipinski definition) is 5. The number of hydrogen-bond donors (Lipinski definition) is 0. The summed E-state index contributed by atoms with van der Waals surface area (Å²) in [6.07, 6.45) is 11.0. The quantitative estimate of drug-likeness (QED) is 0.316. The minimum Gasteiger partial charge on any atom is -0.726 e. The van der Waals surface area contributed by atoms with Crippen LogP contribution in [0.2, 0.25) is 0 Å². The molecule has 0 spiro atoms. The average Bonchev–Trinajstić information content (AvgIpc) is 2.36. The normalized spacial score (nSPS) is 17.3. The van der Waals surface area contributed by atoms with Crippen molar-refractivity contribution in [3.63, 3.8) is 0 Å². The first-order chi connectivity index (χ1) is 9.06. The van der Waals surface area contributed by atoms with Gasteiger partial charge in [-0.05, 0) is 19.3 Å². The van der Waals surface area contributed by atoms with E-state index < -0.39 is 10.4 Å². The summed E-state index contributed by atoms with van der Waals surface area (Å²) in [6.45, 7) is 3.88. The van der Waals surface area contributed by atoms with Gasteiger partial charge in [-0.25, -0.2) is 8.42 Å². The second-order valence-corrected chi connectivity index (χ2v) is 5.72. The van der Waals surface area contributed by atoms with Crippen molar-refractivity contribution < 1.29 is 51.4 Å². The maximum absolute atomic E-state index is 9.73. The molecule has 1 fully saturated rings. The molecule has 0 saturated carbocycles. The van der Waals surface area contributed by atoms with E-state index in [1.165, 1.54) is 44.9 Å². The molecule has 0 amide bonds. The number of unbranched alkanes of at least 4 members (excludes halogenated alkanes) is 1. The van der Waals surface area contributed by atoms with E-state index in [0.29, 0.717) is 6.42 Å². The largest absolute Gasteiger partial charge is 1.00 e. The minimum atomic E-state index is -4.45. The van der Waals surface area contributed by atoms with Gasteiger partial charge in [0.15, 0.2) is 0 Å². The van der Waals surface area contributed by atoms with Crippen molar-refractivity contribution in [2.24, 2.45) is 0 Å². The zero-order valence-electron chi connectivity index (χ0n) is 12.9. The van der Waals surface area contributed by atoms with E-state index >= 15 is 0 Å². The topological polar surface area (TPSA) is 75.7 Å². The van der Waals surface area contributed by atoms with Crippen molar-refractivity contribution >= 4 is 10.4 Å². The zero-order chi connectivity index (χ0) is 14.4. The molecular formula is C13H27NaO5S. The van der Waals surface area contributed by atoms with E-state index in [1.54, 1.807) is 0 Å². The summed E-state index contributed by atoms with van der Waals surface area (Å²) in [4.78, 5) is 0. The molecule has 20 heavy (non-hydrogen) atoms. The van der Waals surface area contributed by atoms with Gasteiger partial charge in [-0.3, -0.25) is 4.18 Å². The SMILES string of the molecule is C1CCCCOCCCC1.CCCCOS(=O)(=O)[O-].[Na+]. The molecule has 5 nitrogen and oxygen atoms in total. The first-order valence-corrected chi connectivity index (χ1v) is 8.57. The van der Waals surface area contributed by atoms with Gasteiger partial charge in [0.2, 0.25) is 10.4 Å². The molecule has 0 unspecified atom stereocenters. The van der Waals surface area contributed by atoms with Gasteiger partial charge in [0.1, 0.15) is 0 Å². The molecule has 0 aromatic heterocycles. The molecule has 1 saturated heterocycles. The van der Waals surface area contributed by atoms with Crippen LogP contribution in [0.5, 0.6) is 0 Å². The smallest absolute Gasteiger partial charge is 0.726 e. The van der Waals surface area contributed by atoms with Crippen LogP contribution >= 0.6 is 0 Å². The molecule has 7 heteroatoms. The Morgan fingerprint density at radius 3 is 1.85 bits per heavy atom. The van der Waals surface area contributed by atoms with Crippen LogP contribution in [0.1, 0.15) is 64.7 Å².